The standard InChI is InChI=1S/C22H13F4N5OS/c23-16-7-3-1-5-12(16)10-30-11-13(14-6-2-4-8-17(14)30)9-15-18(27)31-21(28-19(15)32)33-20(29-31)22(24,25)26/h1-9,11,27H,10H2/b15-9-,27-18?. The van der Waals surface area contributed by atoms with E-state index in [0.717, 1.165) is 10.9 Å². The molecule has 166 valence electrons. The van der Waals surface area contributed by atoms with Crippen LogP contribution < -0.4 is 0 Å². The molecule has 2 aromatic carbocycles. The first-order valence-electron chi connectivity index (χ1n) is 9.61. The largest absolute Gasteiger partial charge is 0.441 e. The number of hydrogen-bond acceptors (Lipinski definition) is 4. The van der Waals surface area contributed by atoms with Gasteiger partial charge in [0.2, 0.25) is 10.2 Å². The molecule has 3 aromatic rings. The van der Waals surface area contributed by atoms with Crippen molar-refractivity contribution in [1.82, 2.24) is 9.58 Å². The molecule has 1 aromatic heterocycles. The Hall–Kier alpha value is -3.73. The number of fused-ring (bicyclic) bond motifs is 2. The number of amides is 1. The van der Waals surface area contributed by atoms with Crippen molar-refractivity contribution in [1.29, 1.82) is 5.41 Å². The zero-order chi connectivity index (χ0) is 23.3. The molecular weight excluding hydrogens is 458 g/mol. The number of carbonyl (C=O) groups excluding carboxylic acids is 1. The molecule has 0 aliphatic carbocycles. The van der Waals surface area contributed by atoms with Crippen molar-refractivity contribution in [3.05, 3.63) is 77.2 Å². The maximum absolute atomic E-state index is 14.2. The predicted octanol–water partition coefficient (Wildman–Crippen LogP) is 5.01. The Morgan fingerprint density at radius 2 is 1.82 bits per heavy atom. The van der Waals surface area contributed by atoms with Crippen LogP contribution in [-0.2, 0) is 11.3 Å². The number of aliphatic imine (C=N–C) groups is 1. The smallest absolute Gasteiger partial charge is 0.342 e. The molecule has 0 saturated heterocycles. The highest BCUT2D eigenvalue weighted by Gasteiger charge is 2.46. The van der Waals surface area contributed by atoms with Crippen LogP contribution in [0.5, 0.6) is 0 Å². The van der Waals surface area contributed by atoms with Crippen molar-refractivity contribution in [2.75, 3.05) is 0 Å². The van der Waals surface area contributed by atoms with Gasteiger partial charge in [0.15, 0.2) is 5.84 Å². The van der Waals surface area contributed by atoms with Gasteiger partial charge in [-0.1, -0.05) is 36.4 Å². The normalized spacial score (nSPS) is 17.6. The summed E-state index contributed by atoms with van der Waals surface area (Å²) in [4.78, 5) is 16.3. The van der Waals surface area contributed by atoms with Gasteiger partial charge in [0.05, 0.1) is 12.1 Å². The Morgan fingerprint density at radius 1 is 1.09 bits per heavy atom. The number of rotatable bonds is 3. The maximum Gasteiger partial charge on any atom is 0.441 e. The number of thioether (sulfide) groups is 1. The van der Waals surface area contributed by atoms with Gasteiger partial charge in [-0.3, -0.25) is 10.2 Å². The summed E-state index contributed by atoms with van der Waals surface area (Å²) in [5.41, 5.74) is 1.58. The Kier molecular flexibility index (Phi) is 4.93. The quantitative estimate of drug-likeness (QED) is 0.431. The number of hydrogen-bond donors (Lipinski definition) is 1. The van der Waals surface area contributed by atoms with E-state index in [1.807, 2.05) is 12.1 Å². The number of alkyl halides is 3. The lowest BCUT2D eigenvalue weighted by atomic mass is 10.1. The van der Waals surface area contributed by atoms with Crippen LogP contribution in [-0.4, -0.2) is 37.7 Å². The van der Waals surface area contributed by atoms with Crippen molar-refractivity contribution in [2.45, 2.75) is 12.7 Å². The van der Waals surface area contributed by atoms with E-state index < -0.39 is 23.0 Å². The van der Waals surface area contributed by atoms with E-state index in [-0.39, 0.29) is 34.9 Å². The molecule has 0 saturated carbocycles. The maximum atomic E-state index is 14.2. The number of aromatic nitrogens is 1. The fourth-order valence-corrected chi connectivity index (χ4v) is 4.35. The van der Waals surface area contributed by atoms with Crippen molar-refractivity contribution in [3.8, 4) is 0 Å². The lowest BCUT2D eigenvalue weighted by Crippen LogP contribution is -2.35. The van der Waals surface area contributed by atoms with Crippen LogP contribution in [0.25, 0.3) is 17.0 Å². The summed E-state index contributed by atoms with van der Waals surface area (Å²) < 4.78 is 55.0. The number of carbonyl (C=O) groups is 1. The number of amidine groups is 2. The zero-order valence-electron chi connectivity index (χ0n) is 16.6. The van der Waals surface area contributed by atoms with Gasteiger partial charge in [0, 0.05) is 28.2 Å². The summed E-state index contributed by atoms with van der Waals surface area (Å²) in [5, 5.41) is 11.6. The third-order valence-electron chi connectivity index (χ3n) is 5.11. The number of halogens is 4. The Morgan fingerprint density at radius 3 is 2.58 bits per heavy atom. The van der Waals surface area contributed by atoms with E-state index in [1.165, 1.54) is 12.1 Å². The fraction of sp³-hybridized carbons (Fsp3) is 0.0909. The number of para-hydroxylation sites is 1. The van der Waals surface area contributed by atoms with Crippen LogP contribution in [0.2, 0.25) is 0 Å². The molecule has 2 aliphatic heterocycles. The van der Waals surface area contributed by atoms with Gasteiger partial charge >= 0.3 is 6.18 Å². The van der Waals surface area contributed by atoms with E-state index in [2.05, 4.69) is 10.1 Å². The molecule has 1 N–H and O–H groups in total. The van der Waals surface area contributed by atoms with Crippen LogP contribution >= 0.6 is 11.8 Å². The highest BCUT2D eigenvalue weighted by Crippen LogP contribution is 2.35. The molecule has 0 radical (unpaired) electrons. The lowest BCUT2D eigenvalue weighted by molar-refractivity contribution is -0.114. The van der Waals surface area contributed by atoms with Crippen molar-refractivity contribution in [2.24, 2.45) is 10.1 Å². The Bertz CT molecular complexity index is 1420. The highest BCUT2D eigenvalue weighted by atomic mass is 32.2. The summed E-state index contributed by atoms with van der Waals surface area (Å²) in [6.07, 6.45) is -1.61. The first kappa shape index (κ1) is 21.1. The summed E-state index contributed by atoms with van der Waals surface area (Å²) in [5.74, 6) is -1.68. The van der Waals surface area contributed by atoms with Crippen molar-refractivity contribution >= 4 is 50.7 Å². The molecule has 33 heavy (non-hydrogen) atoms. The van der Waals surface area contributed by atoms with E-state index in [4.69, 9.17) is 5.41 Å². The number of nitrogens with one attached hydrogen (secondary N) is 1. The molecule has 0 spiro atoms. The average molecular weight is 471 g/mol. The summed E-state index contributed by atoms with van der Waals surface area (Å²) >= 11 is 0.199. The minimum atomic E-state index is -4.71. The zero-order valence-corrected chi connectivity index (χ0v) is 17.4. The minimum absolute atomic E-state index is 0.194. The van der Waals surface area contributed by atoms with Gasteiger partial charge in [0.25, 0.3) is 5.91 Å². The molecule has 0 bridgehead atoms. The van der Waals surface area contributed by atoms with E-state index in [9.17, 15) is 22.4 Å². The highest BCUT2D eigenvalue weighted by molar-refractivity contribution is 8.27. The second-order valence-electron chi connectivity index (χ2n) is 7.24. The molecule has 0 fully saturated rings. The molecule has 6 nitrogen and oxygen atoms in total. The van der Waals surface area contributed by atoms with Crippen LogP contribution in [0.1, 0.15) is 11.1 Å². The second kappa shape index (κ2) is 7.69. The molecule has 0 atom stereocenters. The van der Waals surface area contributed by atoms with E-state index in [0.29, 0.717) is 16.1 Å². The van der Waals surface area contributed by atoms with Gasteiger partial charge < -0.3 is 4.57 Å². The molecule has 11 heteroatoms. The monoisotopic (exact) mass is 471 g/mol. The average Bonchev–Trinajstić information content (AvgIpc) is 3.35. The first-order valence-corrected chi connectivity index (χ1v) is 10.4. The number of benzene rings is 2. The van der Waals surface area contributed by atoms with Crippen LogP contribution in [0.3, 0.4) is 0 Å². The molecule has 3 heterocycles. The van der Waals surface area contributed by atoms with Gasteiger partial charge in [-0.25, -0.2) is 4.39 Å². The van der Waals surface area contributed by atoms with Gasteiger partial charge in [-0.05, 0) is 30.0 Å². The van der Waals surface area contributed by atoms with Gasteiger partial charge in [-0.15, -0.1) is 0 Å². The van der Waals surface area contributed by atoms with Gasteiger partial charge in [-0.2, -0.15) is 28.3 Å². The first-order chi connectivity index (χ1) is 15.7. The van der Waals surface area contributed by atoms with Crippen molar-refractivity contribution < 1.29 is 22.4 Å². The minimum Gasteiger partial charge on any atom is -0.342 e. The summed E-state index contributed by atoms with van der Waals surface area (Å²) in [7, 11) is 0. The van der Waals surface area contributed by atoms with E-state index in [1.54, 1.807) is 41.1 Å². The third kappa shape index (κ3) is 3.74. The van der Waals surface area contributed by atoms with Crippen LogP contribution in [0, 0.1) is 11.2 Å². The lowest BCUT2D eigenvalue weighted by Gasteiger charge is -2.20. The summed E-state index contributed by atoms with van der Waals surface area (Å²) in [6.45, 7) is 0.228. The predicted molar refractivity (Wildman–Crippen MR) is 119 cm³/mol. The SMILES string of the molecule is N=C1/C(=C/c2cn(Cc3ccccc3F)c3ccccc23)C(=O)N=C2SC(C(F)(F)F)=NN12. The fourth-order valence-electron chi connectivity index (χ4n) is 3.59. The summed E-state index contributed by atoms with van der Waals surface area (Å²) in [6, 6.07) is 13.6. The topological polar surface area (TPSA) is 73.8 Å². The molecule has 5 rings (SSSR count). The van der Waals surface area contributed by atoms with Crippen LogP contribution in [0.15, 0.2) is 70.4 Å². The number of hydrazone groups is 1. The van der Waals surface area contributed by atoms with Crippen LogP contribution in [0.4, 0.5) is 17.6 Å². The number of nitrogens with zero attached hydrogens (tertiary/aromatic N) is 4. The third-order valence-corrected chi connectivity index (χ3v) is 6.07. The molecule has 0 unspecified atom stereocenters. The van der Waals surface area contributed by atoms with E-state index >= 15 is 0 Å². The van der Waals surface area contributed by atoms with Gasteiger partial charge in [0.1, 0.15) is 5.82 Å². The Balaban J connectivity index is 1.56. The molecule has 2 aliphatic rings. The molecule has 1 amide bonds. The van der Waals surface area contributed by atoms with Crippen molar-refractivity contribution in [3.63, 3.8) is 0 Å². The molecular formula is C22H13F4N5OS. The Labute approximate surface area is 188 Å². The second-order valence-corrected chi connectivity index (χ2v) is 8.20.